The van der Waals surface area contributed by atoms with Crippen molar-refractivity contribution in [3.8, 4) is 0 Å². The molecule has 1 atom stereocenters. The van der Waals surface area contributed by atoms with E-state index in [9.17, 15) is 0 Å². The first-order valence-corrected chi connectivity index (χ1v) is 7.42. The maximum atomic E-state index is 6.06. The molecule has 2 aromatic rings. The lowest BCUT2D eigenvalue weighted by Crippen LogP contribution is -2.17. The van der Waals surface area contributed by atoms with Crippen molar-refractivity contribution < 1.29 is 4.42 Å². The molecule has 1 N–H and O–H groups in total. The van der Waals surface area contributed by atoms with Crippen LogP contribution >= 0.6 is 11.6 Å². The Hall–Kier alpha value is -1.55. The molecule has 0 aromatic carbocycles. The van der Waals surface area contributed by atoms with Gasteiger partial charge in [0.2, 0.25) is 0 Å². The molecule has 0 amide bonds. The van der Waals surface area contributed by atoms with Crippen LogP contribution in [-0.4, -0.2) is 16.0 Å². The summed E-state index contributed by atoms with van der Waals surface area (Å²) in [4.78, 5) is 8.84. The SMILES string of the molecule is CC(CCc1ccco1)Nc1cc(Cl)nc(C2CC2)n1. The summed E-state index contributed by atoms with van der Waals surface area (Å²) in [5.74, 6) is 3.21. The van der Waals surface area contributed by atoms with Gasteiger partial charge in [0.1, 0.15) is 22.6 Å². The van der Waals surface area contributed by atoms with Crippen LogP contribution in [-0.2, 0) is 6.42 Å². The molecule has 1 fully saturated rings. The van der Waals surface area contributed by atoms with Crippen LogP contribution in [0.2, 0.25) is 5.15 Å². The predicted molar refractivity (Wildman–Crippen MR) is 79.1 cm³/mol. The van der Waals surface area contributed by atoms with E-state index in [0.717, 1.165) is 30.2 Å². The monoisotopic (exact) mass is 291 g/mol. The van der Waals surface area contributed by atoms with Gasteiger partial charge >= 0.3 is 0 Å². The van der Waals surface area contributed by atoms with Crippen LogP contribution in [0.5, 0.6) is 0 Å². The molecule has 0 radical (unpaired) electrons. The molecule has 0 aliphatic heterocycles. The molecule has 1 aliphatic rings. The zero-order valence-electron chi connectivity index (χ0n) is 11.5. The first-order chi connectivity index (χ1) is 9.70. The molecule has 0 saturated heterocycles. The lowest BCUT2D eigenvalue weighted by atomic mass is 10.1. The third-order valence-electron chi connectivity index (χ3n) is 3.45. The molecular formula is C15H18ClN3O. The summed E-state index contributed by atoms with van der Waals surface area (Å²) < 4.78 is 5.34. The summed E-state index contributed by atoms with van der Waals surface area (Å²) in [5, 5.41) is 3.91. The van der Waals surface area contributed by atoms with E-state index in [1.165, 1.54) is 12.8 Å². The highest BCUT2D eigenvalue weighted by atomic mass is 35.5. The molecule has 0 bridgehead atoms. The fourth-order valence-corrected chi connectivity index (χ4v) is 2.36. The number of nitrogens with zero attached hydrogens (tertiary/aromatic N) is 2. The van der Waals surface area contributed by atoms with Crippen LogP contribution in [0.15, 0.2) is 28.9 Å². The van der Waals surface area contributed by atoms with Gasteiger partial charge in [-0.15, -0.1) is 0 Å². The van der Waals surface area contributed by atoms with Crippen molar-refractivity contribution in [2.24, 2.45) is 0 Å². The number of hydrogen-bond acceptors (Lipinski definition) is 4. The number of nitrogens with one attached hydrogen (secondary N) is 1. The molecule has 106 valence electrons. The van der Waals surface area contributed by atoms with E-state index in [1.807, 2.05) is 12.1 Å². The normalized spacial score (nSPS) is 16.1. The summed E-state index contributed by atoms with van der Waals surface area (Å²) in [6, 6.07) is 6.01. The van der Waals surface area contributed by atoms with Crippen molar-refractivity contribution in [1.82, 2.24) is 9.97 Å². The highest BCUT2D eigenvalue weighted by Gasteiger charge is 2.27. The summed E-state index contributed by atoms with van der Waals surface area (Å²) in [7, 11) is 0. The van der Waals surface area contributed by atoms with Crippen molar-refractivity contribution in [3.05, 3.63) is 41.2 Å². The zero-order valence-corrected chi connectivity index (χ0v) is 12.2. The molecule has 1 saturated carbocycles. The highest BCUT2D eigenvalue weighted by Crippen LogP contribution is 2.38. The number of halogens is 1. The largest absolute Gasteiger partial charge is 0.469 e. The second-order valence-corrected chi connectivity index (χ2v) is 5.76. The van der Waals surface area contributed by atoms with Gasteiger partial charge in [-0.2, -0.15) is 0 Å². The van der Waals surface area contributed by atoms with Gasteiger partial charge in [-0.1, -0.05) is 11.6 Å². The molecular weight excluding hydrogens is 274 g/mol. The Morgan fingerprint density at radius 3 is 3.00 bits per heavy atom. The Bertz CT molecular complexity index is 567. The van der Waals surface area contributed by atoms with E-state index in [1.54, 1.807) is 12.3 Å². The standard InChI is InChI=1S/C15H18ClN3O/c1-10(4-7-12-3-2-8-20-12)17-14-9-13(16)18-15(19-14)11-5-6-11/h2-3,8-11H,4-7H2,1H3,(H,17,18,19). The molecule has 1 unspecified atom stereocenters. The lowest BCUT2D eigenvalue weighted by molar-refractivity contribution is 0.495. The minimum Gasteiger partial charge on any atom is -0.469 e. The van der Waals surface area contributed by atoms with E-state index in [0.29, 0.717) is 17.1 Å². The van der Waals surface area contributed by atoms with E-state index in [4.69, 9.17) is 16.0 Å². The summed E-state index contributed by atoms with van der Waals surface area (Å²) >= 11 is 6.06. The Balaban J connectivity index is 1.58. The predicted octanol–water partition coefficient (Wildman–Crippen LogP) is 4.03. The van der Waals surface area contributed by atoms with Gasteiger partial charge in [-0.3, -0.25) is 0 Å². The quantitative estimate of drug-likeness (QED) is 0.816. The Kier molecular flexibility index (Phi) is 3.92. The number of hydrogen-bond donors (Lipinski definition) is 1. The number of aromatic nitrogens is 2. The van der Waals surface area contributed by atoms with Crippen LogP contribution in [0, 0.1) is 0 Å². The average molecular weight is 292 g/mol. The number of anilines is 1. The fraction of sp³-hybridized carbons (Fsp3) is 0.467. The minimum absolute atomic E-state index is 0.304. The van der Waals surface area contributed by atoms with E-state index in [-0.39, 0.29) is 0 Å². The van der Waals surface area contributed by atoms with Gasteiger partial charge in [-0.05, 0) is 38.3 Å². The van der Waals surface area contributed by atoms with Crippen LogP contribution < -0.4 is 5.32 Å². The third kappa shape index (κ3) is 3.51. The number of aryl methyl sites for hydroxylation is 1. The first kappa shape index (κ1) is 13.4. The van der Waals surface area contributed by atoms with Crippen LogP contribution in [0.1, 0.15) is 43.7 Å². The molecule has 2 aromatic heterocycles. The molecule has 5 heteroatoms. The molecule has 3 rings (SSSR count). The fourth-order valence-electron chi connectivity index (χ4n) is 2.17. The summed E-state index contributed by atoms with van der Waals surface area (Å²) in [6.45, 7) is 2.13. The Morgan fingerprint density at radius 1 is 1.45 bits per heavy atom. The average Bonchev–Trinajstić information content (AvgIpc) is 3.13. The molecule has 20 heavy (non-hydrogen) atoms. The van der Waals surface area contributed by atoms with Gasteiger partial charge in [0.05, 0.1) is 6.26 Å². The molecule has 4 nitrogen and oxygen atoms in total. The van der Waals surface area contributed by atoms with Crippen molar-refractivity contribution in [3.63, 3.8) is 0 Å². The first-order valence-electron chi connectivity index (χ1n) is 7.04. The summed E-state index contributed by atoms with van der Waals surface area (Å²) in [5.41, 5.74) is 0. The number of furan rings is 1. The highest BCUT2D eigenvalue weighted by molar-refractivity contribution is 6.29. The van der Waals surface area contributed by atoms with E-state index < -0.39 is 0 Å². The van der Waals surface area contributed by atoms with Crippen LogP contribution in [0.25, 0.3) is 0 Å². The smallest absolute Gasteiger partial charge is 0.135 e. The second-order valence-electron chi connectivity index (χ2n) is 5.37. The van der Waals surface area contributed by atoms with E-state index >= 15 is 0 Å². The summed E-state index contributed by atoms with van der Waals surface area (Å²) in [6.07, 6.45) is 5.95. The second kappa shape index (κ2) is 5.83. The van der Waals surface area contributed by atoms with Gasteiger partial charge in [-0.25, -0.2) is 9.97 Å². The molecule has 2 heterocycles. The van der Waals surface area contributed by atoms with Crippen molar-refractivity contribution >= 4 is 17.4 Å². The number of rotatable bonds is 6. The van der Waals surface area contributed by atoms with Crippen LogP contribution in [0.4, 0.5) is 5.82 Å². The minimum atomic E-state index is 0.304. The Labute approximate surface area is 123 Å². The van der Waals surface area contributed by atoms with Crippen molar-refractivity contribution in [2.75, 3.05) is 5.32 Å². The lowest BCUT2D eigenvalue weighted by Gasteiger charge is -2.14. The maximum Gasteiger partial charge on any atom is 0.135 e. The topological polar surface area (TPSA) is 51.0 Å². The molecule has 1 aliphatic carbocycles. The third-order valence-corrected chi connectivity index (χ3v) is 3.65. The van der Waals surface area contributed by atoms with E-state index in [2.05, 4.69) is 22.2 Å². The van der Waals surface area contributed by atoms with Gasteiger partial charge in [0.25, 0.3) is 0 Å². The van der Waals surface area contributed by atoms with Gasteiger partial charge < -0.3 is 9.73 Å². The van der Waals surface area contributed by atoms with Crippen molar-refractivity contribution in [1.29, 1.82) is 0 Å². The van der Waals surface area contributed by atoms with Gasteiger partial charge in [0.15, 0.2) is 0 Å². The van der Waals surface area contributed by atoms with Crippen LogP contribution in [0.3, 0.4) is 0 Å². The van der Waals surface area contributed by atoms with Gasteiger partial charge in [0, 0.05) is 24.4 Å². The zero-order chi connectivity index (χ0) is 13.9. The maximum absolute atomic E-state index is 6.06. The Morgan fingerprint density at radius 2 is 2.30 bits per heavy atom. The molecule has 0 spiro atoms. The van der Waals surface area contributed by atoms with Crippen molar-refractivity contribution in [2.45, 2.75) is 44.6 Å².